The van der Waals surface area contributed by atoms with Crippen molar-refractivity contribution in [1.82, 2.24) is 5.32 Å². The van der Waals surface area contributed by atoms with Gasteiger partial charge in [-0.25, -0.2) is 0 Å². The number of aryl methyl sites for hydroxylation is 2. The molecule has 0 fully saturated rings. The molecule has 0 spiro atoms. The van der Waals surface area contributed by atoms with Gasteiger partial charge >= 0.3 is 0 Å². The average molecular weight is 355 g/mol. The maximum Gasteiger partial charge on any atom is 0.243 e. The van der Waals surface area contributed by atoms with E-state index in [1.165, 1.54) is 0 Å². The van der Waals surface area contributed by atoms with Crippen LogP contribution in [0.25, 0.3) is 0 Å². The lowest BCUT2D eigenvalue weighted by Crippen LogP contribution is -2.41. The van der Waals surface area contributed by atoms with Crippen LogP contribution in [0.4, 0.5) is 11.4 Å². The van der Waals surface area contributed by atoms with Crippen molar-refractivity contribution in [3.8, 4) is 5.75 Å². The normalized spacial score (nSPS) is 11.4. The van der Waals surface area contributed by atoms with Gasteiger partial charge in [0.1, 0.15) is 11.8 Å². The van der Waals surface area contributed by atoms with Gasteiger partial charge in [-0.3, -0.25) is 9.59 Å². The summed E-state index contributed by atoms with van der Waals surface area (Å²) < 4.78 is 5.25. The summed E-state index contributed by atoms with van der Waals surface area (Å²) in [7, 11) is 1.57. The first-order chi connectivity index (χ1) is 12.4. The number of methoxy groups -OCH3 is 1. The van der Waals surface area contributed by atoms with Crippen molar-refractivity contribution in [2.75, 3.05) is 24.3 Å². The summed E-state index contributed by atoms with van der Waals surface area (Å²) >= 11 is 0. The van der Waals surface area contributed by atoms with Crippen LogP contribution in [0.3, 0.4) is 0 Å². The minimum Gasteiger partial charge on any atom is -0.495 e. The van der Waals surface area contributed by atoms with Crippen LogP contribution in [0.5, 0.6) is 5.75 Å². The fourth-order valence-electron chi connectivity index (χ4n) is 2.58. The monoisotopic (exact) mass is 355 g/mol. The summed E-state index contributed by atoms with van der Waals surface area (Å²) in [6.45, 7) is 5.50. The second-order valence-electron chi connectivity index (χ2n) is 6.10. The third-order valence-electron chi connectivity index (χ3n) is 4.04. The van der Waals surface area contributed by atoms with E-state index in [9.17, 15) is 9.59 Å². The quantitative estimate of drug-likeness (QED) is 0.713. The fourth-order valence-corrected chi connectivity index (χ4v) is 2.58. The smallest absolute Gasteiger partial charge is 0.243 e. The van der Waals surface area contributed by atoms with Crippen molar-refractivity contribution in [2.45, 2.75) is 26.8 Å². The number of carbonyl (C=O) groups is 2. The molecule has 0 aliphatic heterocycles. The lowest BCUT2D eigenvalue weighted by Gasteiger charge is -2.17. The van der Waals surface area contributed by atoms with Gasteiger partial charge in [0, 0.05) is 5.69 Å². The Morgan fingerprint density at radius 3 is 2.35 bits per heavy atom. The van der Waals surface area contributed by atoms with Crippen LogP contribution < -0.4 is 20.7 Å². The van der Waals surface area contributed by atoms with Crippen LogP contribution in [-0.2, 0) is 9.59 Å². The summed E-state index contributed by atoms with van der Waals surface area (Å²) in [6.07, 6.45) is 0. The number of nitrogens with one attached hydrogen (secondary N) is 3. The third-order valence-corrected chi connectivity index (χ3v) is 4.04. The molecule has 138 valence electrons. The second kappa shape index (κ2) is 8.89. The Morgan fingerprint density at radius 1 is 1.04 bits per heavy atom. The minimum absolute atomic E-state index is 0.0927. The number of carbonyl (C=O) groups excluding carboxylic acids is 2. The molecule has 26 heavy (non-hydrogen) atoms. The molecule has 2 aromatic rings. The zero-order valence-corrected chi connectivity index (χ0v) is 15.6. The first kappa shape index (κ1) is 19.3. The minimum atomic E-state index is -0.515. The molecule has 0 aliphatic carbocycles. The molecule has 0 radical (unpaired) electrons. The Bertz CT molecular complexity index is 769. The Morgan fingerprint density at radius 2 is 1.69 bits per heavy atom. The van der Waals surface area contributed by atoms with E-state index in [1.54, 1.807) is 14.0 Å². The Kier molecular flexibility index (Phi) is 6.60. The molecular formula is C20H25N3O3. The van der Waals surface area contributed by atoms with Crippen molar-refractivity contribution in [3.63, 3.8) is 0 Å². The van der Waals surface area contributed by atoms with Crippen LogP contribution in [0.15, 0.2) is 42.5 Å². The third kappa shape index (κ3) is 4.99. The van der Waals surface area contributed by atoms with E-state index < -0.39 is 6.04 Å². The van der Waals surface area contributed by atoms with E-state index >= 15 is 0 Å². The van der Waals surface area contributed by atoms with Crippen molar-refractivity contribution in [1.29, 1.82) is 0 Å². The van der Waals surface area contributed by atoms with Gasteiger partial charge in [0.2, 0.25) is 11.8 Å². The number of benzene rings is 2. The van der Waals surface area contributed by atoms with Gasteiger partial charge in [0.05, 0.1) is 19.3 Å². The molecule has 2 amide bonds. The van der Waals surface area contributed by atoms with E-state index in [0.29, 0.717) is 5.75 Å². The lowest BCUT2D eigenvalue weighted by atomic mass is 10.1. The maximum absolute atomic E-state index is 12.2. The Balaban J connectivity index is 1.88. The molecule has 6 heteroatoms. The highest BCUT2D eigenvalue weighted by Crippen LogP contribution is 2.23. The number of rotatable bonds is 7. The predicted octanol–water partition coefficient (Wildman–Crippen LogP) is 2.87. The number of anilines is 2. The molecule has 0 saturated carbocycles. The molecular weight excluding hydrogens is 330 g/mol. The number of para-hydroxylation sites is 3. The zero-order chi connectivity index (χ0) is 19.1. The van der Waals surface area contributed by atoms with Gasteiger partial charge < -0.3 is 20.7 Å². The summed E-state index contributed by atoms with van der Waals surface area (Å²) in [6, 6.07) is 12.6. The molecule has 1 atom stereocenters. The molecule has 0 aliphatic rings. The van der Waals surface area contributed by atoms with Crippen LogP contribution >= 0.6 is 0 Å². The topological polar surface area (TPSA) is 79.5 Å². The lowest BCUT2D eigenvalue weighted by molar-refractivity contribution is -0.124. The summed E-state index contributed by atoms with van der Waals surface area (Å²) in [4.78, 5) is 24.4. The van der Waals surface area contributed by atoms with Gasteiger partial charge in [-0.15, -0.1) is 0 Å². The number of hydrogen-bond donors (Lipinski definition) is 3. The number of hydrogen-bond acceptors (Lipinski definition) is 4. The Hall–Kier alpha value is -3.02. The molecule has 0 aromatic heterocycles. The first-order valence-corrected chi connectivity index (χ1v) is 8.45. The fraction of sp³-hybridized carbons (Fsp3) is 0.300. The summed E-state index contributed by atoms with van der Waals surface area (Å²) in [5, 5.41) is 8.58. The summed E-state index contributed by atoms with van der Waals surface area (Å²) in [5.74, 6) is 0.118. The highest BCUT2D eigenvalue weighted by Gasteiger charge is 2.16. The van der Waals surface area contributed by atoms with Gasteiger partial charge in [-0.2, -0.15) is 0 Å². The van der Waals surface area contributed by atoms with Crippen molar-refractivity contribution < 1.29 is 14.3 Å². The second-order valence-corrected chi connectivity index (χ2v) is 6.10. The van der Waals surface area contributed by atoms with Crippen molar-refractivity contribution >= 4 is 23.2 Å². The molecule has 0 saturated heterocycles. The van der Waals surface area contributed by atoms with E-state index in [2.05, 4.69) is 16.0 Å². The van der Waals surface area contributed by atoms with E-state index in [1.807, 2.05) is 56.3 Å². The molecule has 6 nitrogen and oxygen atoms in total. The highest BCUT2D eigenvalue weighted by molar-refractivity contribution is 5.96. The summed E-state index contributed by atoms with van der Waals surface area (Å²) in [5.41, 5.74) is 3.47. The molecule has 0 unspecified atom stereocenters. The van der Waals surface area contributed by atoms with E-state index in [0.717, 1.165) is 22.5 Å². The van der Waals surface area contributed by atoms with Crippen LogP contribution in [0.1, 0.15) is 18.1 Å². The number of ether oxygens (including phenoxy) is 1. The van der Waals surface area contributed by atoms with Gasteiger partial charge in [0.15, 0.2) is 0 Å². The first-order valence-electron chi connectivity index (χ1n) is 8.45. The number of amides is 2. The van der Waals surface area contributed by atoms with Crippen LogP contribution in [0, 0.1) is 13.8 Å². The van der Waals surface area contributed by atoms with Crippen LogP contribution in [-0.4, -0.2) is 31.5 Å². The van der Waals surface area contributed by atoms with Crippen LogP contribution in [0.2, 0.25) is 0 Å². The molecule has 2 aromatic carbocycles. The molecule has 0 heterocycles. The SMILES string of the molecule is COc1ccccc1N[C@H](C)C(=O)NCC(=O)Nc1c(C)cccc1C. The van der Waals surface area contributed by atoms with E-state index in [-0.39, 0.29) is 18.4 Å². The molecule has 2 rings (SSSR count). The van der Waals surface area contributed by atoms with E-state index in [4.69, 9.17) is 4.74 Å². The largest absolute Gasteiger partial charge is 0.495 e. The maximum atomic E-state index is 12.2. The Labute approximate surface area is 153 Å². The van der Waals surface area contributed by atoms with Gasteiger partial charge in [0.25, 0.3) is 0 Å². The molecule has 0 bridgehead atoms. The van der Waals surface area contributed by atoms with Gasteiger partial charge in [-0.1, -0.05) is 30.3 Å². The standard InChI is InChI=1S/C20H25N3O3/c1-13-8-7-9-14(2)19(13)23-18(24)12-21-20(25)15(3)22-16-10-5-6-11-17(16)26-4/h5-11,15,22H,12H2,1-4H3,(H,21,25)(H,23,24)/t15-/m1/s1. The zero-order valence-electron chi connectivity index (χ0n) is 15.6. The van der Waals surface area contributed by atoms with Gasteiger partial charge in [-0.05, 0) is 44.0 Å². The van der Waals surface area contributed by atoms with Crippen molar-refractivity contribution in [3.05, 3.63) is 53.6 Å². The van der Waals surface area contributed by atoms with Crippen molar-refractivity contribution in [2.24, 2.45) is 0 Å². The highest BCUT2D eigenvalue weighted by atomic mass is 16.5. The molecule has 3 N–H and O–H groups in total. The predicted molar refractivity (Wildman–Crippen MR) is 104 cm³/mol. The average Bonchev–Trinajstić information content (AvgIpc) is 2.63.